The van der Waals surface area contributed by atoms with Gasteiger partial charge < -0.3 is 50.0 Å². The molecule has 378 valence electrons. The second-order valence-corrected chi connectivity index (χ2v) is 21.3. The molecule has 2 aliphatic rings. The number of amides is 2. The van der Waals surface area contributed by atoms with Gasteiger partial charge in [0.1, 0.15) is 40.0 Å². The van der Waals surface area contributed by atoms with E-state index in [1.54, 1.807) is 13.8 Å². The van der Waals surface area contributed by atoms with Crippen molar-refractivity contribution in [3.8, 4) is 45.6 Å². The van der Waals surface area contributed by atoms with E-state index in [4.69, 9.17) is 19.3 Å². The number of carboxylic acid groups (broad SMARTS) is 4. The van der Waals surface area contributed by atoms with Crippen LogP contribution in [0.25, 0.3) is 32.3 Å². The van der Waals surface area contributed by atoms with Gasteiger partial charge in [-0.3, -0.25) is 28.8 Å². The van der Waals surface area contributed by atoms with Gasteiger partial charge in [-0.1, -0.05) is 0 Å². The van der Waals surface area contributed by atoms with Crippen molar-refractivity contribution in [3.05, 3.63) is 93.0 Å². The van der Waals surface area contributed by atoms with Gasteiger partial charge in [0.25, 0.3) is 21.8 Å². The topological polar surface area (TPSA) is 342 Å². The molecular formula is C45H38F3N4O17PS2. The zero-order chi connectivity index (χ0) is 52.8. The molecule has 21 nitrogen and oxygen atoms in total. The van der Waals surface area contributed by atoms with Gasteiger partial charge in [-0.15, -0.1) is 11.3 Å². The van der Waals surface area contributed by atoms with Crippen LogP contribution in [0.15, 0.2) is 52.7 Å². The van der Waals surface area contributed by atoms with Crippen LogP contribution in [0.3, 0.4) is 0 Å². The normalized spacial score (nSPS) is 16.5. The Hall–Kier alpha value is -7.56. The second-order valence-electron chi connectivity index (χ2n) is 16.4. The van der Waals surface area contributed by atoms with Crippen molar-refractivity contribution >= 4 is 74.7 Å². The SMILES string of the molecule is CC1CNC(=O)c2c(CC(=O)O)c(cc(-c3cc4cc(S(=O)(=O)NCP(=O)(O)Oc5ccc(C#N)c(C(F)(F)F)c5)sc4cc3-c3cc4c(CC(=O)O)c(c3CC(=O)O)C(=O)NCC(C)O4)c2CC(=O)O)O1. The third kappa shape index (κ3) is 11.1. The molecule has 2 aliphatic heterocycles. The molecule has 8 N–H and O–H groups in total. The van der Waals surface area contributed by atoms with E-state index in [9.17, 15) is 80.2 Å². The zero-order valence-electron chi connectivity index (χ0n) is 37.2. The van der Waals surface area contributed by atoms with Crippen molar-refractivity contribution in [2.75, 3.05) is 19.4 Å². The number of ether oxygens (including phenoxy) is 2. The number of thiophene rings is 1. The zero-order valence-corrected chi connectivity index (χ0v) is 39.7. The summed E-state index contributed by atoms with van der Waals surface area (Å²) in [7, 11) is -10.0. The lowest BCUT2D eigenvalue weighted by Crippen LogP contribution is -2.37. The summed E-state index contributed by atoms with van der Waals surface area (Å²) in [5, 5.41) is 54.9. The fourth-order valence-electron chi connectivity index (χ4n) is 8.21. The molecule has 0 saturated carbocycles. The van der Waals surface area contributed by atoms with Gasteiger partial charge in [-0.25, -0.2) is 13.0 Å². The molecule has 0 spiro atoms. The van der Waals surface area contributed by atoms with Gasteiger partial charge in [0, 0.05) is 15.8 Å². The number of fused-ring (bicyclic) bond motifs is 5. The number of carboxylic acids is 4. The smallest absolute Gasteiger partial charge is 0.417 e. The number of hydrogen-bond acceptors (Lipinski definition) is 14. The van der Waals surface area contributed by atoms with E-state index in [0.717, 1.165) is 12.1 Å². The molecule has 0 radical (unpaired) electrons. The summed E-state index contributed by atoms with van der Waals surface area (Å²) in [4.78, 5) is 88.6. The van der Waals surface area contributed by atoms with Crippen LogP contribution >= 0.6 is 18.9 Å². The molecule has 27 heteroatoms. The van der Waals surface area contributed by atoms with E-state index in [2.05, 4.69) is 10.6 Å². The molecule has 72 heavy (non-hydrogen) atoms. The highest BCUT2D eigenvalue weighted by molar-refractivity contribution is 7.92. The number of carbonyl (C=O) groups is 6. The van der Waals surface area contributed by atoms with E-state index < -0.39 is 136 Å². The second kappa shape index (κ2) is 19.9. The van der Waals surface area contributed by atoms with Crippen molar-refractivity contribution in [1.82, 2.24) is 15.4 Å². The van der Waals surface area contributed by atoms with Gasteiger partial charge in [0.15, 0.2) is 0 Å². The van der Waals surface area contributed by atoms with Crippen molar-refractivity contribution in [3.63, 3.8) is 0 Å². The molecule has 3 atom stereocenters. The molecule has 5 aromatic rings. The minimum absolute atomic E-state index is 0.0381. The predicted octanol–water partition coefficient (Wildman–Crippen LogP) is 5.16. The first-order chi connectivity index (χ1) is 33.7. The van der Waals surface area contributed by atoms with Crippen molar-refractivity contribution in [2.24, 2.45) is 0 Å². The highest BCUT2D eigenvalue weighted by Crippen LogP contribution is 2.48. The van der Waals surface area contributed by atoms with Crippen molar-refractivity contribution in [1.29, 1.82) is 5.26 Å². The summed E-state index contributed by atoms with van der Waals surface area (Å²) in [6.45, 7) is 2.89. The molecule has 1 aromatic heterocycles. The first-order valence-corrected chi connectivity index (χ1v) is 25.1. The Bertz CT molecular complexity index is 3220. The number of benzene rings is 4. The van der Waals surface area contributed by atoms with Crippen LogP contribution in [-0.4, -0.2) is 101 Å². The van der Waals surface area contributed by atoms with E-state index in [1.165, 1.54) is 30.3 Å². The first-order valence-electron chi connectivity index (χ1n) is 21.0. The fraction of sp³-hybridized carbons (Fsp3) is 0.267. The summed E-state index contributed by atoms with van der Waals surface area (Å²) < 4.78 is 100. The number of nitrogens with zero attached hydrogens (tertiary/aromatic N) is 1. The van der Waals surface area contributed by atoms with Crippen LogP contribution in [0.4, 0.5) is 13.2 Å². The van der Waals surface area contributed by atoms with Crippen LogP contribution < -0.4 is 29.4 Å². The lowest BCUT2D eigenvalue weighted by Gasteiger charge is -2.28. The molecule has 7 rings (SSSR count). The number of alkyl halides is 3. The van der Waals surface area contributed by atoms with Gasteiger partial charge in [-0.2, -0.15) is 23.2 Å². The quantitative estimate of drug-likeness (QED) is 0.0592. The Morgan fingerprint density at radius 1 is 0.778 bits per heavy atom. The monoisotopic (exact) mass is 1060 g/mol. The van der Waals surface area contributed by atoms with Gasteiger partial charge in [0.2, 0.25) is 0 Å². The van der Waals surface area contributed by atoms with Crippen LogP contribution in [0.1, 0.15) is 67.9 Å². The molecule has 0 aliphatic carbocycles. The largest absolute Gasteiger partial charge is 0.489 e. The number of rotatable bonds is 16. The number of nitriles is 1. The highest BCUT2D eigenvalue weighted by atomic mass is 32.2. The van der Waals surface area contributed by atoms with E-state index in [-0.39, 0.29) is 85.2 Å². The molecule has 2 amide bonds. The lowest BCUT2D eigenvalue weighted by molar-refractivity contribution is -0.138. The third-order valence-corrected chi connectivity index (χ3v) is 15.4. The Morgan fingerprint density at radius 3 is 1.71 bits per heavy atom. The molecular weight excluding hydrogens is 1020 g/mol. The third-order valence-electron chi connectivity index (χ3n) is 11.1. The average molecular weight is 1060 g/mol. The Kier molecular flexibility index (Phi) is 14.5. The molecule has 4 bridgehead atoms. The number of sulfonamides is 1. The van der Waals surface area contributed by atoms with Crippen molar-refractivity contribution < 1.29 is 94.2 Å². The minimum atomic E-state index is -5.16. The first kappa shape index (κ1) is 52.3. The number of halogens is 3. The van der Waals surface area contributed by atoms with Crippen LogP contribution in [-0.2, 0) is 65.6 Å². The summed E-state index contributed by atoms with van der Waals surface area (Å²) in [6, 6.07) is 9.34. The molecule has 3 unspecified atom stereocenters. The summed E-state index contributed by atoms with van der Waals surface area (Å²) in [5.74, 6) is -8.84. The van der Waals surface area contributed by atoms with Gasteiger partial charge >= 0.3 is 37.6 Å². The molecule has 3 heterocycles. The number of aliphatic carboxylic acids is 4. The predicted molar refractivity (Wildman–Crippen MR) is 245 cm³/mol. The van der Waals surface area contributed by atoms with Gasteiger partial charge in [0.05, 0.1) is 67.1 Å². The number of carbonyl (C=O) groups excluding carboxylic acids is 2. The fourth-order valence-corrected chi connectivity index (χ4v) is 12.2. The van der Waals surface area contributed by atoms with Crippen LogP contribution in [0, 0.1) is 11.3 Å². The molecule has 0 saturated heterocycles. The average Bonchev–Trinajstić information content (AvgIpc) is 3.71. The summed E-state index contributed by atoms with van der Waals surface area (Å²) >= 11 is 0.530. The minimum Gasteiger partial charge on any atom is -0.489 e. The summed E-state index contributed by atoms with van der Waals surface area (Å²) in [5.41, 5.74) is -4.52. The lowest BCUT2D eigenvalue weighted by atomic mass is 9.81. The van der Waals surface area contributed by atoms with Crippen molar-refractivity contribution in [2.45, 2.75) is 62.1 Å². The standard InChI is InChI=1S/C45H38F3N4O17PS2/c1-19-16-50-43(61)41-28(11-36(53)54)25(8-33(67-19)30(41)13-38(57)58)24-5-22-6-40(72(65,66)52-18-70(63,64)69-23-4-3-21(15-49)32(7-23)45(46,47)48)71-35(22)10-27(24)26-9-34-31(14-39(59)60)42(29(26)12-37(55)56)44(62)51-17-20(2)68-34/h3-10,19-20,52H,11-14,16-18H2,1-2H3,(H,50,61)(H,51,62)(H,53,54)(H,55,56)(H,57,58)(H,59,60)(H,63,64). The Morgan fingerprint density at radius 2 is 1.25 bits per heavy atom. The number of hydrogen-bond donors (Lipinski definition) is 8. The van der Waals surface area contributed by atoms with Crippen LogP contribution in [0.5, 0.6) is 17.2 Å². The van der Waals surface area contributed by atoms with E-state index >= 15 is 0 Å². The highest BCUT2D eigenvalue weighted by Gasteiger charge is 2.37. The maximum absolute atomic E-state index is 14.0. The molecule has 4 aromatic carbocycles. The Labute approximate surface area is 408 Å². The van der Waals surface area contributed by atoms with E-state index in [1.807, 2.05) is 4.72 Å². The molecule has 0 fully saturated rings. The number of nitrogens with one attached hydrogen (secondary N) is 3. The van der Waals surface area contributed by atoms with E-state index in [0.29, 0.717) is 17.4 Å². The maximum Gasteiger partial charge on any atom is 0.417 e. The van der Waals surface area contributed by atoms with Gasteiger partial charge in [-0.05, 0) is 101 Å². The van der Waals surface area contributed by atoms with Crippen LogP contribution in [0.2, 0.25) is 0 Å². The maximum atomic E-state index is 14.0. The Balaban J connectivity index is 1.49. The summed E-state index contributed by atoms with van der Waals surface area (Å²) in [6.07, 6.45) is -11.6.